The summed E-state index contributed by atoms with van der Waals surface area (Å²) >= 11 is 0. The Morgan fingerprint density at radius 2 is 1.67 bits per heavy atom. The van der Waals surface area contributed by atoms with E-state index in [1.165, 1.54) is 0 Å². The van der Waals surface area contributed by atoms with Crippen LogP contribution in [-0.4, -0.2) is 32.3 Å². The highest BCUT2D eigenvalue weighted by molar-refractivity contribution is 7.91. The van der Waals surface area contributed by atoms with Crippen LogP contribution in [0.2, 0.25) is 0 Å². The van der Waals surface area contributed by atoms with Gasteiger partial charge in [0.15, 0.2) is 0 Å². The molecule has 24 heavy (non-hydrogen) atoms. The lowest BCUT2D eigenvalue weighted by Gasteiger charge is -2.19. The molecule has 0 atom stereocenters. The summed E-state index contributed by atoms with van der Waals surface area (Å²) in [5.74, 6) is -0.216. The second kappa shape index (κ2) is 7.97. The number of sulfonamides is 1. The maximum Gasteiger partial charge on any atom is 0.253 e. The van der Waals surface area contributed by atoms with Crippen LogP contribution in [0.3, 0.4) is 0 Å². The molecule has 0 aromatic heterocycles. The first-order valence-electron chi connectivity index (χ1n) is 7.89. The summed E-state index contributed by atoms with van der Waals surface area (Å²) in [7, 11) is -3.54. The lowest BCUT2D eigenvalue weighted by atomic mass is 10.2. The van der Waals surface area contributed by atoms with E-state index in [1.54, 1.807) is 53.4 Å². The number of hydrogen-bond acceptors (Lipinski definition) is 3. The van der Waals surface area contributed by atoms with Crippen molar-refractivity contribution in [2.45, 2.75) is 19.6 Å². The number of benzene rings is 2. The van der Waals surface area contributed by atoms with E-state index in [2.05, 4.69) is 4.72 Å². The van der Waals surface area contributed by atoms with Crippen LogP contribution >= 0.6 is 0 Å². The normalized spacial score (nSPS) is 11.1. The van der Waals surface area contributed by atoms with Gasteiger partial charge in [-0.2, -0.15) is 0 Å². The molecular weight excluding hydrogens is 324 g/mol. The summed E-state index contributed by atoms with van der Waals surface area (Å²) in [6.07, 6.45) is 0. The molecule has 0 saturated heterocycles. The predicted molar refractivity (Wildman–Crippen MR) is 96.4 cm³/mol. The molecule has 0 fully saturated rings. The SMILES string of the molecule is CCN(CC)C(=O)c1cccc(NS(=O)(=O)Cc2ccccc2)c1. The van der Waals surface area contributed by atoms with E-state index >= 15 is 0 Å². The first kappa shape index (κ1) is 18.0. The van der Waals surface area contributed by atoms with Crippen molar-refractivity contribution in [3.8, 4) is 0 Å². The molecule has 0 spiro atoms. The van der Waals surface area contributed by atoms with Crippen LogP contribution in [0.1, 0.15) is 29.8 Å². The zero-order valence-corrected chi connectivity index (χ0v) is 14.7. The molecule has 0 radical (unpaired) electrons. The van der Waals surface area contributed by atoms with Crippen LogP contribution in [0.15, 0.2) is 54.6 Å². The standard InChI is InChI=1S/C18H22N2O3S/c1-3-20(4-2)18(21)16-11-8-12-17(13-16)19-24(22,23)14-15-9-6-5-7-10-15/h5-13,19H,3-4,14H2,1-2H3. The Hall–Kier alpha value is -2.34. The van der Waals surface area contributed by atoms with E-state index in [1.807, 2.05) is 19.9 Å². The quantitative estimate of drug-likeness (QED) is 0.838. The van der Waals surface area contributed by atoms with Crippen molar-refractivity contribution in [3.05, 3.63) is 65.7 Å². The van der Waals surface area contributed by atoms with E-state index in [9.17, 15) is 13.2 Å². The Kier molecular flexibility index (Phi) is 5.98. The van der Waals surface area contributed by atoms with Crippen molar-refractivity contribution in [1.29, 1.82) is 0 Å². The van der Waals surface area contributed by atoms with Crippen molar-refractivity contribution in [2.24, 2.45) is 0 Å². The average Bonchev–Trinajstić information content (AvgIpc) is 2.56. The predicted octanol–water partition coefficient (Wildman–Crippen LogP) is 3.11. The molecule has 1 N–H and O–H groups in total. The molecule has 0 unspecified atom stereocenters. The number of amides is 1. The van der Waals surface area contributed by atoms with Gasteiger partial charge in [-0.1, -0.05) is 36.4 Å². The van der Waals surface area contributed by atoms with E-state index in [0.29, 0.717) is 29.9 Å². The molecule has 5 nitrogen and oxygen atoms in total. The van der Waals surface area contributed by atoms with Crippen LogP contribution in [0, 0.1) is 0 Å². The molecule has 0 heterocycles. The summed E-state index contributed by atoms with van der Waals surface area (Å²) < 4.78 is 27.1. The van der Waals surface area contributed by atoms with Gasteiger partial charge in [0, 0.05) is 24.3 Å². The monoisotopic (exact) mass is 346 g/mol. The molecule has 0 aliphatic carbocycles. The van der Waals surface area contributed by atoms with E-state index in [0.717, 1.165) is 0 Å². The highest BCUT2D eigenvalue weighted by atomic mass is 32.2. The minimum absolute atomic E-state index is 0.107. The minimum atomic E-state index is -3.54. The Bertz CT molecular complexity index is 785. The van der Waals surface area contributed by atoms with Crippen molar-refractivity contribution in [2.75, 3.05) is 17.8 Å². The van der Waals surface area contributed by atoms with Crippen molar-refractivity contribution in [1.82, 2.24) is 4.90 Å². The van der Waals surface area contributed by atoms with E-state index in [-0.39, 0.29) is 11.7 Å². The van der Waals surface area contributed by atoms with Gasteiger partial charge < -0.3 is 4.90 Å². The third kappa shape index (κ3) is 4.83. The van der Waals surface area contributed by atoms with E-state index < -0.39 is 10.0 Å². The Morgan fingerprint density at radius 1 is 1.00 bits per heavy atom. The van der Waals surface area contributed by atoms with Gasteiger partial charge in [0.25, 0.3) is 5.91 Å². The molecule has 0 aliphatic heterocycles. The fraction of sp³-hybridized carbons (Fsp3) is 0.278. The molecule has 6 heteroatoms. The van der Waals surface area contributed by atoms with Gasteiger partial charge in [0.2, 0.25) is 10.0 Å². The Labute approximate surface area is 143 Å². The number of rotatable bonds is 7. The van der Waals surface area contributed by atoms with Gasteiger partial charge in [-0.25, -0.2) is 8.42 Å². The third-order valence-corrected chi connectivity index (χ3v) is 4.89. The second-order valence-electron chi connectivity index (χ2n) is 5.40. The molecule has 2 aromatic rings. The molecular formula is C18H22N2O3S. The number of hydrogen-bond donors (Lipinski definition) is 1. The highest BCUT2D eigenvalue weighted by Crippen LogP contribution is 2.16. The van der Waals surface area contributed by atoms with Crippen LogP contribution < -0.4 is 4.72 Å². The van der Waals surface area contributed by atoms with Gasteiger partial charge >= 0.3 is 0 Å². The first-order valence-corrected chi connectivity index (χ1v) is 9.54. The summed E-state index contributed by atoms with van der Waals surface area (Å²) in [6.45, 7) is 5.04. The Morgan fingerprint density at radius 3 is 2.29 bits per heavy atom. The van der Waals surface area contributed by atoms with Gasteiger partial charge in [-0.3, -0.25) is 9.52 Å². The van der Waals surface area contributed by atoms with Gasteiger partial charge in [0.1, 0.15) is 0 Å². The topological polar surface area (TPSA) is 66.5 Å². The third-order valence-electron chi connectivity index (χ3n) is 3.63. The number of anilines is 1. The van der Waals surface area contributed by atoms with Gasteiger partial charge in [-0.05, 0) is 37.6 Å². The van der Waals surface area contributed by atoms with Crippen LogP contribution in [0.5, 0.6) is 0 Å². The van der Waals surface area contributed by atoms with Crippen molar-refractivity contribution >= 4 is 21.6 Å². The molecule has 0 saturated carbocycles. The highest BCUT2D eigenvalue weighted by Gasteiger charge is 2.15. The van der Waals surface area contributed by atoms with Crippen LogP contribution in [0.25, 0.3) is 0 Å². The van der Waals surface area contributed by atoms with Crippen LogP contribution in [0.4, 0.5) is 5.69 Å². The zero-order valence-electron chi connectivity index (χ0n) is 13.9. The molecule has 128 valence electrons. The molecule has 0 aliphatic rings. The first-order chi connectivity index (χ1) is 11.4. The lowest BCUT2D eigenvalue weighted by molar-refractivity contribution is 0.0773. The summed E-state index contributed by atoms with van der Waals surface area (Å²) in [4.78, 5) is 14.1. The van der Waals surface area contributed by atoms with Gasteiger partial charge in [0.05, 0.1) is 5.75 Å². The summed E-state index contributed by atoms with van der Waals surface area (Å²) in [5, 5.41) is 0. The van der Waals surface area contributed by atoms with Gasteiger partial charge in [-0.15, -0.1) is 0 Å². The van der Waals surface area contributed by atoms with Crippen molar-refractivity contribution < 1.29 is 13.2 Å². The summed E-state index contributed by atoms with van der Waals surface area (Å²) in [6, 6.07) is 15.5. The largest absolute Gasteiger partial charge is 0.339 e. The molecule has 2 rings (SSSR count). The average molecular weight is 346 g/mol. The van der Waals surface area contributed by atoms with E-state index in [4.69, 9.17) is 0 Å². The smallest absolute Gasteiger partial charge is 0.253 e. The van der Waals surface area contributed by atoms with Crippen LogP contribution in [-0.2, 0) is 15.8 Å². The Balaban J connectivity index is 2.15. The maximum atomic E-state index is 12.4. The van der Waals surface area contributed by atoms with Crippen molar-refractivity contribution in [3.63, 3.8) is 0 Å². The summed E-state index contributed by atoms with van der Waals surface area (Å²) in [5.41, 5.74) is 1.57. The molecule has 2 aromatic carbocycles. The number of carbonyl (C=O) groups is 1. The maximum absolute atomic E-state index is 12.4. The minimum Gasteiger partial charge on any atom is -0.339 e. The fourth-order valence-corrected chi connectivity index (χ4v) is 3.61. The number of carbonyl (C=O) groups excluding carboxylic acids is 1. The second-order valence-corrected chi connectivity index (χ2v) is 7.13. The zero-order chi connectivity index (χ0) is 17.6. The fourth-order valence-electron chi connectivity index (χ4n) is 2.42. The molecule has 0 bridgehead atoms. The molecule has 1 amide bonds. The lowest BCUT2D eigenvalue weighted by Crippen LogP contribution is -2.30. The number of nitrogens with zero attached hydrogens (tertiary/aromatic N) is 1. The number of nitrogens with one attached hydrogen (secondary N) is 1.